The number of hydrogen-bond donors (Lipinski definition) is 1. The molecular formula is C12H16F3N3O2. The SMILES string of the molecule is NCC1CN(C(=O)c2cccn2CC(F)(F)F)CCO1. The Labute approximate surface area is 114 Å². The number of halogens is 3. The molecule has 1 unspecified atom stereocenters. The number of aromatic nitrogens is 1. The van der Waals surface area contributed by atoms with Crippen molar-refractivity contribution in [1.82, 2.24) is 9.47 Å². The molecule has 112 valence electrons. The molecule has 0 aromatic carbocycles. The van der Waals surface area contributed by atoms with Gasteiger partial charge in [0.15, 0.2) is 0 Å². The van der Waals surface area contributed by atoms with Gasteiger partial charge in [-0.25, -0.2) is 0 Å². The van der Waals surface area contributed by atoms with Crippen molar-refractivity contribution in [3.8, 4) is 0 Å². The summed E-state index contributed by atoms with van der Waals surface area (Å²) in [4.78, 5) is 13.7. The molecule has 1 saturated heterocycles. The second-order valence-corrected chi connectivity index (χ2v) is 4.62. The van der Waals surface area contributed by atoms with Gasteiger partial charge < -0.3 is 19.9 Å². The summed E-state index contributed by atoms with van der Waals surface area (Å²) in [6.45, 7) is 0.0890. The summed E-state index contributed by atoms with van der Waals surface area (Å²) in [7, 11) is 0. The number of nitrogens with zero attached hydrogens (tertiary/aromatic N) is 2. The predicted molar refractivity (Wildman–Crippen MR) is 65.2 cm³/mol. The van der Waals surface area contributed by atoms with Crippen LogP contribution >= 0.6 is 0 Å². The Kier molecular flexibility index (Phi) is 4.34. The second kappa shape index (κ2) is 5.84. The van der Waals surface area contributed by atoms with Gasteiger partial charge in [-0.2, -0.15) is 13.2 Å². The van der Waals surface area contributed by atoms with Crippen molar-refractivity contribution in [2.45, 2.75) is 18.8 Å². The zero-order valence-electron chi connectivity index (χ0n) is 10.8. The summed E-state index contributed by atoms with van der Waals surface area (Å²) in [5.41, 5.74) is 5.51. The summed E-state index contributed by atoms with van der Waals surface area (Å²) in [6, 6.07) is 2.82. The molecule has 1 amide bonds. The number of amides is 1. The zero-order valence-corrected chi connectivity index (χ0v) is 10.8. The van der Waals surface area contributed by atoms with E-state index in [1.807, 2.05) is 0 Å². The lowest BCUT2D eigenvalue weighted by Crippen LogP contribution is -2.48. The fraction of sp³-hybridized carbons (Fsp3) is 0.583. The molecule has 0 radical (unpaired) electrons. The molecule has 1 aliphatic rings. The van der Waals surface area contributed by atoms with Crippen molar-refractivity contribution in [2.75, 3.05) is 26.2 Å². The van der Waals surface area contributed by atoms with E-state index in [9.17, 15) is 18.0 Å². The van der Waals surface area contributed by atoms with Gasteiger partial charge in [-0.3, -0.25) is 4.79 Å². The zero-order chi connectivity index (χ0) is 14.8. The number of nitrogens with two attached hydrogens (primary N) is 1. The van der Waals surface area contributed by atoms with E-state index >= 15 is 0 Å². The molecule has 8 heteroatoms. The topological polar surface area (TPSA) is 60.5 Å². The number of carbonyl (C=O) groups is 1. The average Bonchev–Trinajstić information content (AvgIpc) is 2.83. The van der Waals surface area contributed by atoms with Gasteiger partial charge in [-0.1, -0.05) is 0 Å². The van der Waals surface area contributed by atoms with E-state index in [4.69, 9.17) is 10.5 Å². The molecule has 20 heavy (non-hydrogen) atoms. The van der Waals surface area contributed by atoms with Gasteiger partial charge in [0.1, 0.15) is 12.2 Å². The van der Waals surface area contributed by atoms with E-state index in [0.29, 0.717) is 19.7 Å². The smallest absolute Gasteiger partial charge is 0.373 e. The van der Waals surface area contributed by atoms with Crippen LogP contribution in [0.2, 0.25) is 0 Å². The van der Waals surface area contributed by atoms with Gasteiger partial charge in [-0.15, -0.1) is 0 Å². The van der Waals surface area contributed by atoms with Crippen molar-refractivity contribution in [3.05, 3.63) is 24.0 Å². The minimum absolute atomic E-state index is 0.0278. The average molecular weight is 291 g/mol. The second-order valence-electron chi connectivity index (χ2n) is 4.62. The molecule has 2 rings (SSSR count). The normalized spacial score (nSPS) is 20.2. The van der Waals surface area contributed by atoms with E-state index in [-0.39, 0.29) is 18.3 Å². The van der Waals surface area contributed by atoms with Crippen LogP contribution in [0.4, 0.5) is 13.2 Å². The van der Waals surface area contributed by atoms with Gasteiger partial charge in [-0.05, 0) is 12.1 Å². The minimum Gasteiger partial charge on any atom is -0.373 e. The van der Waals surface area contributed by atoms with Crippen LogP contribution in [0.5, 0.6) is 0 Å². The van der Waals surface area contributed by atoms with E-state index in [1.165, 1.54) is 23.2 Å². The maximum atomic E-state index is 12.4. The van der Waals surface area contributed by atoms with E-state index in [1.54, 1.807) is 0 Å². The Morgan fingerprint density at radius 2 is 2.25 bits per heavy atom. The van der Waals surface area contributed by atoms with Crippen molar-refractivity contribution in [1.29, 1.82) is 0 Å². The molecule has 1 aliphatic heterocycles. The molecular weight excluding hydrogens is 275 g/mol. The first-order valence-electron chi connectivity index (χ1n) is 6.23. The Hall–Kier alpha value is -1.54. The molecule has 1 atom stereocenters. The number of ether oxygens (including phenoxy) is 1. The monoisotopic (exact) mass is 291 g/mol. The van der Waals surface area contributed by atoms with Crippen molar-refractivity contribution >= 4 is 5.91 Å². The molecule has 2 heterocycles. The Balaban J connectivity index is 2.11. The number of rotatable bonds is 3. The van der Waals surface area contributed by atoms with Gasteiger partial charge in [0.25, 0.3) is 5.91 Å². The largest absolute Gasteiger partial charge is 0.406 e. The molecule has 1 aromatic rings. The summed E-state index contributed by atoms with van der Waals surface area (Å²) in [6.07, 6.45) is -3.38. The molecule has 2 N–H and O–H groups in total. The van der Waals surface area contributed by atoms with Crippen LogP contribution < -0.4 is 5.73 Å². The van der Waals surface area contributed by atoms with Crippen molar-refractivity contribution in [2.24, 2.45) is 5.73 Å². The predicted octanol–water partition coefficient (Wildman–Crippen LogP) is 0.850. The highest BCUT2D eigenvalue weighted by Crippen LogP contribution is 2.20. The van der Waals surface area contributed by atoms with E-state index in [2.05, 4.69) is 0 Å². The lowest BCUT2D eigenvalue weighted by Gasteiger charge is -2.32. The van der Waals surface area contributed by atoms with Crippen LogP contribution in [-0.2, 0) is 11.3 Å². The highest BCUT2D eigenvalue weighted by atomic mass is 19.4. The molecule has 1 aromatic heterocycles. The van der Waals surface area contributed by atoms with Crippen molar-refractivity contribution in [3.63, 3.8) is 0 Å². The Morgan fingerprint density at radius 3 is 2.90 bits per heavy atom. The van der Waals surface area contributed by atoms with Gasteiger partial charge in [0, 0.05) is 25.8 Å². The Morgan fingerprint density at radius 1 is 1.50 bits per heavy atom. The quantitative estimate of drug-likeness (QED) is 0.898. The maximum Gasteiger partial charge on any atom is 0.406 e. The molecule has 0 spiro atoms. The Bertz CT molecular complexity index is 473. The third-order valence-corrected chi connectivity index (χ3v) is 3.09. The molecule has 0 saturated carbocycles. The third-order valence-electron chi connectivity index (χ3n) is 3.09. The summed E-state index contributed by atoms with van der Waals surface area (Å²) in [5.74, 6) is -0.430. The van der Waals surface area contributed by atoms with Gasteiger partial charge in [0.2, 0.25) is 0 Å². The third kappa shape index (κ3) is 3.51. The lowest BCUT2D eigenvalue weighted by molar-refractivity contribution is -0.140. The van der Waals surface area contributed by atoms with Crippen LogP contribution in [0.15, 0.2) is 18.3 Å². The first-order chi connectivity index (χ1) is 9.40. The van der Waals surface area contributed by atoms with Crippen LogP contribution in [0.1, 0.15) is 10.5 Å². The fourth-order valence-corrected chi connectivity index (χ4v) is 2.15. The number of alkyl halides is 3. The van der Waals surface area contributed by atoms with Gasteiger partial charge in [0.05, 0.1) is 12.7 Å². The van der Waals surface area contributed by atoms with Crippen LogP contribution in [-0.4, -0.2) is 53.9 Å². The highest BCUT2D eigenvalue weighted by molar-refractivity contribution is 5.92. The highest BCUT2D eigenvalue weighted by Gasteiger charge is 2.31. The first-order valence-corrected chi connectivity index (χ1v) is 6.23. The maximum absolute atomic E-state index is 12.4. The number of morpholine rings is 1. The molecule has 5 nitrogen and oxygen atoms in total. The summed E-state index contributed by atoms with van der Waals surface area (Å²) >= 11 is 0. The van der Waals surface area contributed by atoms with E-state index in [0.717, 1.165) is 4.57 Å². The first kappa shape index (κ1) is 14.9. The summed E-state index contributed by atoms with van der Waals surface area (Å²) in [5, 5.41) is 0. The molecule has 0 bridgehead atoms. The van der Waals surface area contributed by atoms with Crippen molar-refractivity contribution < 1.29 is 22.7 Å². The number of hydrogen-bond acceptors (Lipinski definition) is 3. The number of carbonyl (C=O) groups excluding carboxylic acids is 1. The summed E-state index contributed by atoms with van der Waals surface area (Å²) < 4.78 is 43.6. The molecule has 1 fully saturated rings. The fourth-order valence-electron chi connectivity index (χ4n) is 2.15. The van der Waals surface area contributed by atoms with E-state index < -0.39 is 18.6 Å². The lowest BCUT2D eigenvalue weighted by atomic mass is 10.2. The van der Waals surface area contributed by atoms with Gasteiger partial charge >= 0.3 is 6.18 Å². The van der Waals surface area contributed by atoms with Crippen LogP contribution in [0.3, 0.4) is 0 Å². The molecule has 0 aliphatic carbocycles. The standard InChI is InChI=1S/C12H16F3N3O2/c13-12(14,15)8-18-3-1-2-10(18)11(19)17-4-5-20-9(6-16)7-17/h1-3,9H,4-8,16H2. The minimum atomic E-state index is -4.36. The van der Waals surface area contributed by atoms with Crippen LogP contribution in [0.25, 0.3) is 0 Å². The van der Waals surface area contributed by atoms with Crippen LogP contribution in [0, 0.1) is 0 Å².